The van der Waals surface area contributed by atoms with Crippen LogP contribution >= 0.6 is 23.2 Å². The molecule has 0 aliphatic carbocycles. The van der Waals surface area contributed by atoms with Crippen LogP contribution in [0.3, 0.4) is 0 Å². The van der Waals surface area contributed by atoms with Crippen LogP contribution in [-0.2, 0) is 6.54 Å². The third kappa shape index (κ3) is 4.07. The van der Waals surface area contributed by atoms with Crippen molar-refractivity contribution in [3.05, 3.63) is 69.8 Å². The Balaban J connectivity index is 1.80. The quantitative estimate of drug-likeness (QED) is 0.623. The van der Waals surface area contributed by atoms with Crippen LogP contribution in [0.2, 0.25) is 10.0 Å². The molecule has 3 rings (SSSR count). The van der Waals surface area contributed by atoms with Crippen molar-refractivity contribution in [2.24, 2.45) is 0 Å². The van der Waals surface area contributed by atoms with E-state index in [1.807, 2.05) is 0 Å². The predicted molar refractivity (Wildman–Crippen MR) is 95.0 cm³/mol. The van der Waals surface area contributed by atoms with Crippen LogP contribution in [0.5, 0.6) is 11.5 Å². The smallest absolute Gasteiger partial charge is 0.290 e. The molecule has 26 heavy (non-hydrogen) atoms. The molecule has 6 nitrogen and oxygen atoms in total. The second-order valence-electron chi connectivity index (χ2n) is 5.23. The second-order valence-corrected chi connectivity index (χ2v) is 6.07. The summed E-state index contributed by atoms with van der Waals surface area (Å²) in [6, 6.07) is 8.79. The van der Waals surface area contributed by atoms with E-state index < -0.39 is 11.7 Å². The first-order valence-corrected chi connectivity index (χ1v) is 8.09. The number of aromatic nitrogens is 1. The number of nitrogens with two attached hydrogens (primary N) is 1. The molecule has 0 unspecified atom stereocenters. The van der Waals surface area contributed by atoms with Crippen LogP contribution in [0.25, 0.3) is 0 Å². The van der Waals surface area contributed by atoms with E-state index in [-0.39, 0.29) is 34.4 Å². The molecule has 3 aromatic rings. The highest BCUT2D eigenvalue weighted by molar-refractivity contribution is 6.32. The lowest BCUT2D eigenvalue weighted by Gasteiger charge is -2.13. The highest BCUT2D eigenvalue weighted by atomic mass is 35.5. The van der Waals surface area contributed by atoms with Crippen molar-refractivity contribution in [3.8, 4) is 11.5 Å². The topological polar surface area (TPSA) is 90.4 Å². The van der Waals surface area contributed by atoms with E-state index in [2.05, 4.69) is 10.5 Å². The van der Waals surface area contributed by atoms with Gasteiger partial charge in [0.05, 0.1) is 11.2 Å². The van der Waals surface area contributed by atoms with Gasteiger partial charge in [0, 0.05) is 35.0 Å². The Morgan fingerprint density at radius 1 is 1.27 bits per heavy atom. The van der Waals surface area contributed by atoms with Gasteiger partial charge in [-0.1, -0.05) is 34.4 Å². The number of hydrogen-bond donors (Lipinski definition) is 2. The maximum Gasteiger partial charge on any atom is 0.290 e. The fourth-order valence-electron chi connectivity index (χ4n) is 2.16. The molecule has 0 aliphatic rings. The van der Waals surface area contributed by atoms with Crippen LogP contribution < -0.4 is 15.8 Å². The van der Waals surface area contributed by atoms with Gasteiger partial charge in [-0.15, -0.1) is 0 Å². The number of rotatable bonds is 5. The summed E-state index contributed by atoms with van der Waals surface area (Å²) in [5.41, 5.74) is 6.23. The van der Waals surface area contributed by atoms with Crippen molar-refractivity contribution in [2.75, 3.05) is 5.73 Å². The zero-order chi connectivity index (χ0) is 18.7. The average Bonchev–Trinajstić information content (AvgIpc) is 3.11. The van der Waals surface area contributed by atoms with E-state index in [1.54, 1.807) is 0 Å². The van der Waals surface area contributed by atoms with Crippen LogP contribution in [-0.4, -0.2) is 11.1 Å². The lowest BCUT2D eigenvalue weighted by atomic mass is 10.2. The van der Waals surface area contributed by atoms with Gasteiger partial charge in [-0.25, -0.2) is 4.39 Å². The van der Waals surface area contributed by atoms with Crippen molar-refractivity contribution < 1.29 is 18.4 Å². The number of ether oxygens (including phenoxy) is 1. The number of hydrogen-bond acceptors (Lipinski definition) is 5. The molecule has 134 valence electrons. The zero-order valence-corrected chi connectivity index (χ0v) is 14.6. The summed E-state index contributed by atoms with van der Waals surface area (Å²) in [6.45, 7) is -0.101. The van der Waals surface area contributed by atoms with Crippen LogP contribution in [0, 0.1) is 5.82 Å². The largest absolute Gasteiger partial charge is 0.453 e. The number of nitrogen functional groups attached to an aromatic ring is 1. The predicted octanol–water partition coefficient (Wildman–Crippen LogP) is 4.43. The van der Waals surface area contributed by atoms with Crippen LogP contribution in [0.15, 0.2) is 47.1 Å². The molecule has 1 heterocycles. The first kappa shape index (κ1) is 18.0. The summed E-state index contributed by atoms with van der Waals surface area (Å²) in [6.07, 6.45) is 1.33. The van der Waals surface area contributed by atoms with Crippen molar-refractivity contribution in [1.82, 2.24) is 10.5 Å². The summed E-state index contributed by atoms with van der Waals surface area (Å²) in [5, 5.41) is 6.35. The van der Waals surface area contributed by atoms with Gasteiger partial charge >= 0.3 is 0 Å². The minimum atomic E-state index is -0.714. The third-order valence-corrected chi connectivity index (χ3v) is 3.86. The molecule has 0 saturated heterocycles. The number of carbonyl (C=O) groups excluding carboxylic acids is 1. The Hall–Kier alpha value is -2.77. The number of nitrogens with zero attached hydrogens (tertiary/aromatic N) is 1. The van der Waals surface area contributed by atoms with Gasteiger partial charge in [-0.3, -0.25) is 4.79 Å². The molecule has 0 bridgehead atoms. The first-order chi connectivity index (χ1) is 12.4. The molecule has 0 fully saturated rings. The summed E-state index contributed by atoms with van der Waals surface area (Å²) >= 11 is 11.9. The molecule has 1 aromatic heterocycles. The third-order valence-electron chi connectivity index (χ3n) is 3.34. The molecule has 3 N–H and O–H groups in total. The van der Waals surface area contributed by atoms with Gasteiger partial charge in [0.15, 0.2) is 11.6 Å². The Labute approximate surface area is 157 Å². The monoisotopic (exact) mass is 395 g/mol. The summed E-state index contributed by atoms with van der Waals surface area (Å²) in [7, 11) is 0. The normalized spacial score (nSPS) is 10.6. The molecule has 0 radical (unpaired) electrons. The standard InChI is InChI=1S/C17H12Cl2FN3O3/c18-10-5-11(21)7-12(6-10)25-16-13(19)2-1-9(15(16)20)8-22-17(24)14-3-4-23-26-14/h1-7H,8,21H2,(H,22,24). The summed E-state index contributed by atoms with van der Waals surface area (Å²) < 4.78 is 25.0. The fraction of sp³-hybridized carbons (Fsp3) is 0.0588. The van der Waals surface area contributed by atoms with Gasteiger partial charge < -0.3 is 20.3 Å². The second kappa shape index (κ2) is 7.63. The fourth-order valence-corrected chi connectivity index (χ4v) is 2.58. The lowest BCUT2D eigenvalue weighted by Crippen LogP contribution is -2.22. The maximum atomic E-state index is 14.8. The number of nitrogens with one attached hydrogen (secondary N) is 1. The minimum absolute atomic E-state index is 0.0187. The van der Waals surface area contributed by atoms with Crippen molar-refractivity contribution in [1.29, 1.82) is 0 Å². The Bertz CT molecular complexity index is 928. The van der Waals surface area contributed by atoms with Crippen molar-refractivity contribution in [2.45, 2.75) is 6.54 Å². The van der Waals surface area contributed by atoms with E-state index in [1.165, 1.54) is 42.6 Å². The van der Waals surface area contributed by atoms with Crippen molar-refractivity contribution >= 4 is 34.8 Å². The highest BCUT2D eigenvalue weighted by Crippen LogP contribution is 2.35. The molecule has 9 heteroatoms. The van der Waals surface area contributed by atoms with E-state index in [4.69, 9.17) is 38.2 Å². The van der Waals surface area contributed by atoms with Gasteiger partial charge in [0.1, 0.15) is 5.75 Å². The van der Waals surface area contributed by atoms with E-state index in [0.29, 0.717) is 10.7 Å². The Morgan fingerprint density at radius 3 is 2.77 bits per heavy atom. The number of halogens is 3. The molecule has 0 saturated carbocycles. The molecular formula is C17H12Cl2FN3O3. The maximum absolute atomic E-state index is 14.8. The van der Waals surface area contributed by atoms with Crippen LogP contribution in [0.4, 0.5) is 10.1 Å². The molecule has 0 spiro atoms. The molecule has 2 aromatic carbocycles. The first-order valence-electron chi connectivity index (χ1n) is 7.33. The average molecular weight is 396 g/mol. The van der Waals surface area contributed by atoms with E-state index in [0.717, 1.165) is 0 Å². The zero-order valence-electron chi connectivity index (χ0n) is 13.1. The number of benzene rings is 2. The van der Waals surface area contributed by atoms with Gasteiger partial charge in [0.25, 0.3) is 5.91 Å². The molecule has 0 atom stereocenters. The molecule has 0 aliphatic heterocycles. The van der Waals surface area contributed by atoms with Crippen molar-refractivity contribution in [3.63, 3.8) is 0 Å². The lowest BCUT2D eigenvalue weighted by molar-refractivity contribution is 0.0913. The van der Waals surface area contributed by atoms with E-state index >= 15 is 0 Å². The van der Waals surface area contributed by atoms with Gasteiger partial charge in [-0.2, -0.15) is 0 Å². The SMILES string of the molecule is Nc1cc(Cl)cc(Oc2c(Cl)ccc(CNC(=O)c3ccno3)c2F)c1. The van der Waals surface area contributed by atoms with E-state index in [9.17, 15) is 9.18 Å². The number of anilines is 1. The number of carbonyl (C=O) groups is 1. The van der Waals surface area contributed by atoms with Gasteiger partial charge in [-0.05, 0) is 18.2 Å². The van der Waals surface area contributed by atoms with Gasteiger partial charge in [0.2, 0.25) is 5.76 Å². The van der Waals surface area contributed by atoms with Crippen LogP contribution in [0.1, 0.15) is 16.1 Å². The summed E-state index contributed by atoms with van der Waals surface area (Å²) in [4.78, 5) is 11.9. The summed E-state index contributed by atoms with van der Waals surface area (Å²) in [5.74, 6) is -1.18. The Kier molecular flexibility index (Phi) is 5.29. The minimum Gasteiger partial charge on any atom is -0.453 e. The molecular weight excluding hydrogens is 384 g/mol. The highest BCUT2D eigenvalue weighted by Gasteiger charge is 2.17. The number of amides is 1. The molecule has 1 amide bonds. The Morgan fingerprint density at radius 2 is 2.08 bits per heavy atom.